The molecule has 8 rings (SSSR count). The van der Waals surface area contributed by atoms with Gasteiger partial charge in [-0.15, -0.1) is 0 Å². The molecule has 0 radical (unpaired) electrons. The molecule has 8 aliphatic rings. The zero-order chi connectivity index (χ0) is 16.9. The second kappa shape index (κ2) is 5.29. The van der Waals surface area contributed by atoms with Crippen molar-refractivity contribution in [2.75, 3.05) is 0 Å². The first-order chi connectivity index (χ1) is 12.8. The first-order valence-electron chi connectivity index (χ1n) is 12.2. The average Bonchev–Trinajstić information content (AvgIpc) is 2.64. The van der Waals surface area contributed by atoms with Crippen LogP contribution in [0.3, 0.4) is 0 Å². The summed E-state index contributed by atoms with van der Waals surface area (Å²) >= 11 is 0. The lowest BCUT2D eigenvalue weighted by molar-refractivity contribution is -0.614. The van der Waals surface area contributed by atoms with Gasteiger partial charge in [-0.2, -0.15) is 0 Å². The summed E-state index contributed by atoms with van der Waals surface area (Å²) in [5.74, 6) is 7.24. The van der Waals surface area contributed by atoms with Gasteiger partial charge in [0.25, 0.3) is 0 Å². The fraction of sp³-hybridized carbons (Fsp3) is 1.00. The molecule has 0 amide bonds. The van der Waals surface area contributed by atoms with Crippen molar-refractivity contribution in [3.8, 4) is 0 Å². The highest BCUT2D eigenvalue weighted by Crippen LogP contribution is 2.74. The van der Waals surface area contributed by atoms with Crippen LogP contribution in [0.1, 0.15) is 89.9 Å². The van der Waals surface area contributed by atoms with Crippen molar-refractivity contribution in [1.29, 1.82) is 0 Å². The van der Waals surface area contributed by atoms with Crippen LogP contribution in [0.2, 0.25) is 0 Å². The molecule has 2 nitrogen and oxygen atoms in total. The number of hydrogen-bond acceptors (Lipinski definition) is 2. The highest BCUT2D eigenvalue weighted by Gasteiger charge is 2.80. The van der Waals surface area contributed by atoms with Gasteiger partial charge < -0.3 is 0 Å². The molecule has 1 saturated heterocycles. The lowest BCUT2D eigenvalue weighted by Gasteiger charge is -2.76. The molecule has 4 atom stereocenters. The summed E-state index contributed by atoms with van der Waals surface area (Å²) in [6.07, 6.45) is 20.6. The largest absolute Gasteiger partial charge is 0.226 e. The normalized spacial score (nSPS) is 62.8. The average molecular weight is 357 g/mol. The summed E-state index contributed by atoms with van der Waals surface area (Å²) in [5.41, 5.74) is 0.269. The molecule has 4 bridgehead atoms. The summed E-state index contributed by atoms with van der Waals surface area (Å²) in [5, 5.41) is 0. The third kappa shape index (κ3) is 1.70. The molecule has 7 saturated carbocycles. The summed E-state index contributed by atoms with van der Waals surface area (Å²) < 4.78 is 0. The Kier molecular flexibility index (Phi) is 3.21. The van der Waals surface area contributed by atoms with E-state index in [-0.39, 0.29) is 11.2 Å². The maximum absolute atomic E-state index is 6.58. The lowest BCUT2D eigenvalue weighted by atomic mass is 9.38. The van der Waals surface area contributed by atoms with Gasteiger partial charge in [0.05, 0.1) is 0 Å². The van der Waals surface area contributed by atoms with Gasteiger partial charge in [-0.1, -0.05) is 38.5 Å². The molecule has 0 aromatic carbocycles. The van der Waals surface area contributed by atoms with E-state index >= 15 is 0 Å². The Bertz CT molecular complexity index is 547. The van der Waals surface area contributed by atoms with E-state index in [2.05, 4.69) is 0 Å². The van der Waals surface area contributed by atoms with Crippen LogP contribution >= 0.6 is 0 Å². The Labute approximate surface area is 158 Å². The monoisotopic (exact) mass is 356 g/mol. The molecule has 0 aromatic heterocycles. The number of fused-ring (bicyclic) bond motifs is 4. The van der Waals surface area contributed by atoms with E-state index in [1.54, 1.807) is 0 Å². The van der Waals surface area contributed by atoms with E-state index in [0.717, 1.165) is 47.3 Å². The quantitative estimate of drug-likeness (QED) is 0.503. The second-order valence-corrected chi connectivity index (χ2v) is 11.6. The third-order valence-electron chi connectivity index (χ3n) is 10.8. The van der Waals surface area contributed by atoms with Gasteiger partial charge in [0.1, 0.15) is 11.2 Å². The molecular weight excluding hydrogens is 320 g/mol. The molecule has 2 spiro atoms. The van der Waals surface area contributed by atoms with E-state index < -0.39 is 0 Å². The van der Waals surface area contributed by atoms with Crippen molar-refractivity contribution >= 4 is 0 Å². The van der Waals surface area contributed by atoms with Crippen LogP contribution in [0.4, 0.5) is 0 Å². The van der Waals surface area contributed by atoms with Crippen molar-refractivity contribution in [2.24, 2.45) is 47.3 Å². The molecule has 2 heteroatoms. The predicted molar refractivity (Wildman–Crippen MR) is 100 cm³/mol. The molecule has 8 fully saturated rings. The summed E-state index contributed by atoms with van der Waals surface area (Å²) in [4.78, 5) is 13.1. The van der Waals surface area contributed by atoms with Gasteiger partial charge in [0, 0.05) is 0 Å². The van der Waals surface area contributed by atoms with Crippen LogP contribution in [-0.4, -0.2) is 11.2 Å². The molecule has 144 valence electrons. The van der Waals surface area contributed by atoms with Gasteiger partial charge in [-0.25, -0.2) is 9.78 Å². The minimum Gasteiger partial charge on any atom is -0.226 e. The summed E-state index contributed by atoms with van der Waals surface area (Å²) in [6.45, 7) is 0. The summed E-state index contributed by atoms with van der Waals surface area (Å²) in [6, 6.07) is 0. The SMILES string of the molecule is C1CCC2C(C1)CC1CCCCC1C21OOC12C1CC3CC(C1)CC2C3. The first kappa shape index (κ1) is 15.8. The molecular formula is C24H36O2. The van der Waals surface area contributed by atoms with E-state index in [1.807, 2.05) is 0 Å². The molecule has 7 aliphatic carbocycles. The minimum absolute atomic E-state index is 0.129. The second-order valence-electron chi connectivity index (χ2n) is 11.6. The Morgan fingerprint density at radius 3 is 1.50 bits per heavy atom. The van der Waals surface area contributed by atoms with Gasteiger partial charge in [-0.3, -0.25) is 0 Å². The Balaban J connectivity index is 1.36. The van der Waals surface area contributed by atoms with Crippen molar-refractivity contribution in [3.63, 3.8) is 0 Å². The van der Waals surface area contributed by atoms with E-state index in [0.29, 0.717) is 0 Å². The van der Waals surface area contributed by atoms with Crippen molar-refractivity contribution in [3.05, 3.63) is 0 Å². The topological polar surface area (TPSA) is 18.5 Å². The zero-order valence-electron chi connectivity index (χ0n) is 16.3. The number of rotatable bonds is 0. The van der Waals surface area contributed by atoms with Gasteiger partial charge in [0.2, 0.25) is 0 Å². The Morgan fingerprint density at radius 1 is 0.500 bits per heavy atom. The molecule has 0 aromatic rings. The minimum atomic E-state index is 0.129. The molecule has 0 N–H and O–H groups in total. The van der Waals surface area contributed by atoms with Crippen LogP contribution in [0.25, 0.3) is 0 Å². The molecule has 26 heavy (non-hydrogen) atoms. The third-order valence-corrected chi connectivity index (χ3v) is 10.8. The molecule has 1 aliphatic heterocycles. The van der Waals surface area contributed by atoms with Gasteiger partial charge in [-0.05, 0) is 98.7 Å². The maximum Gasteiger partial charge on any atom is 0.142 e. The summed E-state index contributed by atoms with van der Waals surface area (Å²) in [7, 11) is 0. The highest BCUT2D eigenvalue weighted by atomic mass is 17.3. The number of hydrogen-bond donors (Lipinski definition) is 0. The maximum atomic E-state index is 6.58. The van der Waals surface area contributed by atoms with E-state index in [4.69, 9.17) is 9.78 Å². The highest BCUT2D eigenvalue weighted by molar-refractivity contribution is 5.25. The molecule has 4 unspecified atom stereocenters. The van der Waals surface area contributed by atoms with Gasteiger partial charge in [0.15, 0.2) is 0 Å². The van der Waals surface area contributed by atoms with Crippen LogP contribution in [0.15, 0.2) is 0 Å². The Hall–Kier alpha value is -0.0800. The first-order valence-corrected chi connectivity index (χ1v) is 12.2. The van der Waals surface area contributed by atoms with Crippen molar-refractivity contribution in [1.82, 2.24) is 0 Å². The fourth-order valence-electron chi connectivity index (χ4n) is 10.4. The molecule has 1 heterocycles. The lowest BCUT2D eigenvalue weighted by Crippen LogP contribution is -2.84. The van der Waals surface area contributed by atoms with Crippen molar-refractivity contribution < 1.29 is 9.78 Å². The van der Waals surface area contributed by atoms with Crippen molar-refractivity contribution in [2.45, 2.75) is 101 Å². The fourth-order valence-corrected chi connectivity index (χ4v) is 10.4. The van der Waals surface area contributed by atoms with Crippen LogP contribution in [-0.2, 0) is 9.78 Å². The van der Waals surface area contributed by atoms with Crippen LogP contribution in [0, 0.1) is 47.3 Å². The van der Waals surface area contributed by atoms with E-state index in [1.165, 1.54) is 89.9 Å². The smallest absolute Gasteiger partial charge is 0.142 e. The van der Waals surface area contributed by atoms with Crippen LogP contribution in [0.5, 0.6) is 0 Å². The van der Waals surface area contributed by atoms with Gasteiger partial charge >= 0.3 is 0 Å². The van der Waals surface area contributed by atoms with Crippen LogP contribution < -0.4 is 0 Å². The standard InChI is InChI=1S/C24H36O2/c1-3-7-21-17(5-1)14-18-6-2-4-8-22(18)24(21)23(25-26-24)19-10-15-9-16(12-19)13-20(23)11-15/h15-22H,1-14H2. The van der Waals surface area contributed by atoms with E-state index in [9.17, 15) is 0 Å². The Morgan fingerprint density at radius 2 is 1.00 bits per heavy atom. The zero-order valence-corrected chi connectivity index (χ0v) is 16.3. The predicted octanol–water partition coefficient (Wildman–Crippen LogP) is 5.90.